The first-order valence-corrected chi connectivity index (χ1v) is 7.39. The number of rotatable bonds is 4. The zero-order chi connectivity index (χ0) is 15.2. The van der Waals surface area contributed by atoms with E-state index in [1.807, 2.05) is 6.92 Å². The van der Waals surface area contributed by atoms with E-state index in [4.69, 9.17) is 5.73 Å². The van der Waals surface area contributed by atoms with Crippen LogP contribution in [0.15, 0.2) is 23.1 Å². The Kier molecular flexibility index (Phi) is 5.70. The summed E-state index contributed by atoms with van der Waals surface area (Å²) in [5, 5.41) is 2.34. The van der Waals surface area contributed by atoms with Crippen LogP contribution < -0.4 is 15.8 Å². The van der Waals surface area contributed by atoms with Crippen LogP contribution in [0.2, 0.25) is 0 Å². The maximum atomic E-state index is 12.2. The first-order valence-electron chi connectivity index (χ1n) is 5.90. The van der Waals surface area contributed by atoms with Crippen LogP contribution >= 0.6 is 0 Å². The van der Waals surface area contributed by atoms with Gasteiger partial charge in [0, 0.05) is 12.6 Å². The summed E-state index contributed by atoms with van der Waals surface area (Å²) in [4.78, 5) is 11.2. The lowest BCUT2D eigenvalue weighted by molar-refractivity contribution is -0.119. The third-order valence-corrected chi connectivity index (χ3v) is 3.91. The smallest absolute Gasteiger partial charge is 0.242 e. The van der Waals surface area contributed by atoms with E-state index < -0.39 is 15.9 Å². The molecular formula is C13H17N3O3S. The number of nitrogens with one attached hydrogen (secondary N) is 2. The molecule has 0 bridgehead atoms. The topological polar surface area (TPSA) is 101 Å². The minimum absolute atomic E-state index is 0.0351. The van der Waals surface area contributed by atoms with Crippen LogP contribution in [0.25, 0.3) is 0 Å². The van der Waals surface area contributed by atoms with Crippen LogP contribution in [-0.4, -0.2) is 34.5 Å². The third-order valence-electron chi connectivity index (χ3n) is 2.45. The number of sulfonamides is 1. The summed E-state index contributed by atoms with van der Waals surface area (Å²) in [5.41, 5.74) is 6.55. The molecule has 1 rings (SSSR count). The van der Waals surface area contributed by atoms with E-state index in [0.29, 0.717) is 5.56 Å². The third kappa shape index (κ3) is 4.35. The van der Waals surface area contributed by atoms with Crippen LogP contribution in [0.3, 0.4) is 0 Å². The van der Waals surface area contributed by atoms with Gasteiger partial charge in [-0.3, -0.25) is 4.79 Å². The van der Waals surface area contributed by atoms with Gasteiger partial charge in [0.2, 0.25) is 15.9 Å². The number of benzene rings is 1. The monoisotopic (exact) mass is 295 g/mol. The average Bonchev–Trinajstić information content (AvgIpc) is 2.42. The summed E-state index contributed by atoms with van der Waals surface area (Å²) >= 11 is 0. The molecule has 1 aromatic carbocycles. The molecule has 0 saturated carbocycles. The van der Waals surface area contributed by atoms with Gasteiger partial charge in [-0.25, -0.2) is 13.1 Å². The van der Waals surface area contributed by atoms with Gasteiger partial charge in [-0.15, -0.1) is 0 Å². The molecule has 0 aliphatic rings. The highest BCUT2D eigenvalue weighted by Gasteiger charge is 2.18. The molecule has 0 radical (unpaired) electrons. The standard InChI is InChI=1S/C13H17N3O3S/c1-10-5-6-12(11(8-10)4-3-7-14)20(18,19)16-9-13(17)15-2/h5-6,8,16H,7,9,14H2,1-2H3,(H,15,17). The summed E-state index contributed by atoms with van der Waals surface area (Å²) in [5.74, 6) is 4.93. The normalized spacial score (nSPS) is 10.6. The van der Waals surface area contributed by atoms with Crippen molar-refractivity contribution in [2.24, 2.45) is 5.73 Å². The van der Waals surface area contributed by atoms with Crippen LogP contribution in [0.5, 0.6) is 0 Å². The first-order chi connectivity index (χ1) is 9.40. The molecule has 6 nitrogen and oxygen atoms in total. The quantitative estimate of drug-likeness (QED) is 0.641. The van der Waals surface area contributed by atoms with Gasteiger partial charge in [-0.1, -0.05) is 17.9 Å². The highest BCUT2D eigenvalue weighted by Crippen LogP contribution is 2.16. The van der Waals surface area contributed by atoms with Gasteiger partial charge in [0.1, 0.15) is 0 Å². The Labute approximate surface area is 118 Å². The van der Waals surface area contributed by atoms with Crippen LogP contribution in [0.1, 0.15) is 11.1 Å². The van der Waals surface area contributed by atoms with Crippen molar-refractivity contribution in [1.82, 2.24) is 10.0 Å². The number of hydrogen-bond donors (Lipinski definition) is 3. The van der Waals surface area contributed by atoms with Crippen LogP contribution in [0.4, 0.5) is 0 Å². The number of carbonyl (C=O) groups is 1. The maximum absolute atomic E-state index is 12.2. The van der Waals surface area contributed by atoms with E-state index in [1.165, 1.54) is 13.1 Å². The van der Waals surface area contributed by atoms with Gasteiger partial charge in [0.25, 0.3) is 0 Å². The Morgan fingerprint density at radius 1 is 1.40 bits per heavy atom. The molecule has 108 valence electrons. The van der Waals surface area contributed by atoms with E-state index in [1.54, 1.807) is 12.1 Å². The molecule has 0 heterocycles. The second kappa shape index (κ2) is 7.05. The molecule has 1 amide bonds. The van der Waals surface area contributed by atoms with Crippen molar-refractivity contribution in [2.75, 3.05) is 20.1 Å². The maximum Gasteiger partial charge on any atom is 0.242 e. The summed E-state index contributed by atoms with van der Waals surface area (Å²) in [7, 11) is -2.37. The Morgan fingerprint density at radius 3 is 2.70 bits per heavy atom. The lowest BCUT2D eigenvalue weighted by atomic mass is 10.1. The van der Waals surface area contributed by atoms with Crippen LogP contribution in [-0.2, 0) is 14.8 Å². The van der Waals surface area contributed by atoms with Gasteiger partial charge in [-0.2, -0.15) is 0 Å². The molecule has 0 atom stereocenters. The fraction of sp³-hybridized carbons (Fsp3) is 0.308. The highest BCUT2D eigenvalue weighted by molar-refractivity contribution is 7.89. The summed E-state index contributed by atoms with van der Waals surface area (Å²) in [6.45, 7) is 1.65. The van der Waals surface area contributed by atoms with Gasteiger partial charge < -0.3 is 11.1 Å². The van der Waals surface area contributed by atoms with Crippen molar-refractivity contribution in [2.45, 2.75) is 11.8 Å². The summed E-state index contributed by atoms with van der Waals surface area (Å²) in [6, 6.07) is 4.79. The molecule has 0 aliphatic heterocycles. The van der Waals surface area contributed by atoms with E-state index >= 15 is 0 Å². The highest BCUT2D eigenvalue weighted by atomic mass is 32.2. The molecule has 0 saturated heterocycles. The molecule has 0 unspecified atom stereocenters. The summed E-state index contributed by atoms with van der Waals surface area (Å²) in [6.07, 6.45) is 0. The van der Waals surface area contributed by atoms with Gasteiger partial charge >= 0.3 is 0 Å². The Bertz CT molecular complexity index is 657. The number of likely N-dealkylation sites (N-methyl/N-ethyl adjacent to an activating group) is 1. The second-order valence-corrected chi connectivity index (χ2v) is 5.74. The van der Waals surface area contributed by atoms with Gasteiger partial charge in [-0.05, 0) is 24.6 Å². The van der Waals surface area contributed by atoms with Crippen molar-refractivity contribution in [1.29, 1.82) is 0 Å². The lowest BCUT2D eigenvalue weighted by Gasteiger charge is -2.08. The molecule has 0 aromatic heterocycles. The summed E-state index contributed by atoms with van der Waals surface area (Å²) < 4.78 is 26.5. The van der Waals surface area contributed by atoms with E-state index in [2.05, 4.69) is 21.9 Å². The number of nitrogens with two attached hydrogens (primary N) is 1. The minimum atomic E-state index is -3.80. The molecule has 20 heavy (non-hydrogen) atoms. The van der Waals surface area contributed by atoms with Gasteiger partial charge in [0.15, 0.2) is 0 Å². The molecule has 7 heteroatoms. The lowest BCUT2D eigenvalue weighted by Crippen LogP contribution is -2.35. The second-order valence-electron chi connectivity index (χ2n) is 4.00. The van der Waals surface area contributed by atoms with E-state index in [-0.39, 0.29) is 18.0 Å². The number of hydrogen-bond acceptors (Lipinski definition) is 4. The zero-order valence-corrected chi connectivity index (χ0v) is 12.2. The fourth-order valence-electron chi connectivity index (χ4n) is 1.45. The Balaban J connectivity index is 3.14. The predicted octanol–water partition coefficient (Wildman–Crippen LogP) is -0.670. The predicted molar refractivity (Wildman–Crippen MR) is 76.4 cm³/mol. The zero-order valence-electron chi connectivity index (χ0n) is 11.4. The largest absolute Gasteiger partial charge is 0.358 e. The van der Waals surface area contributed by atoms with Gasteiger partial charge in [0.05, 0.1) is 18.0 Å². The van der Waals surface area contributed by atoms with Crippen molar-refractivity contribution < 1.29 is 13.2 Å². The fourth-order valence-corrected chi connectivity index (χ4v) is 2.57. The van der Waals surface area contributed by atoms with Crippen molar-refractivity contribution in [3.05, 3.63) is 29.3 Å². The first kappa shape index (κ1) is 16.2. The SMILES string of the molecule is CNC(=O)CNS(=O)(=O)c1ccc(C)cc1C#CCN. The molecule has 0 spiro atoms. The number of aryl methyl sites for hydroxylation is 1. The van der Waals surface area contributed by atoms with Crippen LogP contribution in [0, 0.1) is 18.8 Å². The number of carbonyl (C=O) groups excluding carboxylic acids is 1. The molecule has 4 N–H and O–H groups in total. The molecule has 1 aromatic rings. The minimum Gasteiger partial charge on any atom is -0.358 e. The molecule has 0 fully saturated rings. The molecular weight excluding hydrogens is 278 g/mol. The Morgan fingerprint density at radius 2 is 2.10 bits per heavy atom. The van der Waals surface area contributed by atoms with Crippen molar-refractivity contribution in [3.8, 4) is 11.8 Å². The average molecular weight is 295 g/mol. The van der Waals surface area contributed by atoms with E-state index in [0.717, 1.165) is 5.56 Å². The Hall–Kier alpha value is -1.88. The van der Waals surface area contributed by atoms with E-state index in [9.17, 15) is 13.2 Å². The van der Waals surface area contributed by atoms with Crippen molar-refractivity contribution >= 4 is 15.9 Å². The number of amides is 1. The van der Waals surface area contributed by atoms with Crippen molar-refractivity contribution in [3.63, 3.8) is 0 Å². The molecule has 0 aliphatic carbocycles.